The Balaban J connectivity index is 1.53. The molecule has 1 aliphatic heterocycles. The number of nitrogens with zero attached hydrogens (tertiary/aromatic N) is 1. The molecule has 6 nitrogen and oxygen atoms in total. The van der Waals surface area contributed by atoms with Crippen molar-refractivity contribution < 1.29 is 19.1 Å². The summed E-state index contributed by atoms with van der Waals surface area (Å²) in [5, 5.41) is 2.73. The minimum atomic E-state index is -0.965. The number of aryl methyl sites for hydroxylation is 2. The Morgan fingerprint density at radius 1 is 1.17 bits per heavy atom. The number of nitrogens with one attached hydrogen (secondary N) is 1. The molecule has 7 heteroatoms. The maximum absolute atomic E-state index is 12.8. The molecular formula is C22H24N2O4S. The fourth-order valence-electron chi connectivity index (χ4n) is 3.01. The molecular weight excluding hydrogens is 388 g/mol. The number of benzene rings is 2. The molecule has 0 aromatic heterocycles. The summed E-state index contributed by atoms with van der Waals surface area (Å²) in [4.78, 5) is 39.3. The second-order valence-electron chi connectivity index (χ2n) is 6.97. The first kappa shape index (κ1) is 20.9. The molecule has 1 atom stereocenters. The molecule has 0 aliphatic carbocycles. The summed E-state index contributed by atoms with van der Waals surface area (Å²) in [6, 6.07) is 13.2. The summed E-state index contributed by atoms with van der Waals surface area (Å²) in [6.07, 6.45) is -0.764. The van der Waals surface area contributed by atoms with Crippen molar-refractivity contribution in [1.82, 2.24) is 0 Å². The number of ether oxygens (including phenoxy) is 1. The molecule has 29 heavy (non-hydrogen) atoms. The number of carbonyl (C=O) groups is 3. The van der Waals surface area contributed by atoms with Crippen molar-refractivity contribution in [3.63, 3.8) is 0 Å². The van der Waals surface area contributed by atoms with Gasteiger partial charge in [0.1, 0.15) is 6.54 Å². The maximum Gasteiger partial charge on any atom is 0.307 e. The van der Waals surface area contributed by atoms with E-state index in [1.54, 1.807) is 36.0 Å². The number of carbonyl (C=O) groups excluding carboxylic acids is 3. The Labute approximate surface area is 174 Å². The zero-order valence-electron chi connectivity index (χ0n) is 16.7. The monoisotopic (exact) mass is 412 g/mol. The fourth-order valence-corrected chi connectivity index (χ4v) is 3.94. The molecule has 0 radical (unpaired) electrons. The lowest BCUT2D eigenvalue weighted by molar-refractivity contribution is -0.153. The van der Waals surface area contributed by atoms with Gasteiger partial charge in [-0.3, -0.25) is 19.3 Å². The maximum atomic E-state index is 12.8. The Morgan fingerprint density at radius 2 is 1.93 bits per heavy atom. The summed E-state index contributed by atoms with van der Waals surface area (Å²) in [6.45, 7) is 5.55. The predicted octanol–water partition coefficient (Wildman–Crippen LogP) is 3.70. The van der Waals surface area contributed by atoms with Crippen LogP contribution in [0.5, 0.6) is 0 Å². The molecule has 3 rings (SSSR count). The van der Waals surface area contributed by atoms with Gasteiger partial charge in [-0.15, -0.1) is 11.8 Å². The highest BCUT2D eigenvalue weighted by molar-refractivity contribution is 7.99. The first-order chi connectivity index (χ1) is 13.8. The van der Waals surface area contributed by atoms with E-state index in [0.29, 0.717) is 17.1 Å². The minimum absolute atomic E-state index is 0.0969. The van der Waals surface area contributed by atoms with Crippen LogP contribution in [0.3, 0.4) is 0 Å². The zero-order valence-corrected chi connectivity index (χ0v) is 17.5. The fraction of sp³-hybridized carbons (Fsp3) is 0.318. The lowest BCUT2D eigenvalue weighted by atomic mass is 10.1. The van der Waals surface area contributed by atoms with E-state index in [9.17, 15) is 14.4 Å². The van der Waals surface area contributed by atoms with Crippen LogP contribution in [0.2, 0.25) is 0 Å². The molecule has 0 saturated heterocycles. The van der Waals surface area contributed by atoms with Crippen molar-refractivity contribution in [1.29, 1.82) is 0 Å². The Morgan fingerprint density at radius 3 is 2.69 bits per heavy atom. The Kier molecular flexibility index (Phi) is 6.59. The number of esters is 1. The van der Waals surface area contributed by atoms with Gasteiger partial charge in [0.15, 0.2) is 6.10 Å². The molecule has 0 bridgehead atoms. The summed E-state index contributed by atoms with van der Waals surface area (Å²) < 4.78 is 5.32. The number of thioether (sulfide) groups is 1. The summed E-state index contributed by atoms with van der Waals surface area (Å²) in [5.74, 6) is -0.559. The third kappa shape index (κ3) is 5.17. The molecule has 2 aromatic carbocycles. The van der Waals surface area contributed by atoms with Gasteiger partial charge >= 0.3 is 5.97 Å². The average Bonchev–Trinajstić information content (AvgIpc) is 2.69. The van der Waals surface area contributed by atoms with Crippen LogP contribution in [0.1, 0.15) is 24.5 Å². The quantitative estimate of drug-likeness (QED) is 0.578. The van der Waals surface area contributed by atoms with Crippen molar-refractivity contribution in [3.05, 3.63) is 53.6 Å². The van der Waals surface area contributed by atoms with Gasteiger partial charge in [-0.2, -0.15) is 0 Å². The smallest absolute Gasteiger partial charge is 0.307 e. The molecule has 0 spiro atoms. The molecule has 0 saturated carbocycles. The summed E-state index contributed by atoms with van der Waals surface area (Å²) in [7, 11) is 0. The number of rotatable bonds is 6. The van der Waals surface area contributed by atoms with Crippen LogP contribution in [0.25, 0.3) is 0 Å². The van der Waals surface area contributed by atoms with Gasteiger partial charge in [0.2, 0.25) is 5.91 Å². The molecule has 1 heterocycles. The van der Waals surface area contributed by atoms with E-state index < -0.39 is 18.0 Å². The predicted molar refractivity (Wildman–Crippen MR) is 114 cm³/mol. The number of hydrogen-bond acceptors (Lipinski definition) is 5. The van der Waals surface area contributed by atoms with E-state index >= 15 is 0 Å². The molecule has 2 amide bonds. The second kappa shape index (κ2) is 9.13. The molecule has 2 aromatic rings. The molecule has 152 valence electrons. The van der Waals surface area contributed by atoms with Gasteiger partial charge in [-0.25, -0.2) is 0 Å². The Bertz CT molecular complexity index is 944. The zero-order chi connectivity index (χ0) is 21.0. The van der Waals surface area contributed by atoms with Crippen molar-refractivity contribution >= 4 is 40.9 Å². The standard InChI is InChI=1S/C22H24N2O4S/c1-14-8-9-17(12-15(14)2)29-11-10-21(26)28-16(3)22(27)24-13-20(25)23-18-6-4-5-7-19(18)24/h4-9,12,16H,10-11,13H2,1-3H3,(H,23,25)/t16-/m0/s1. The average molecular weight is 413 g/mol. The van der Waals surface area contributed by atoms with E-state index in [0.717, 1.165) is 4.90 Å². The van der Waals surface area contributed by atoms with E-state index in [4.69, 9.17) is 4.74 Å². The van der Waals surface area contributed by atoms with Gasteiger partial charge in [0.25, 0.3) is 5.91 Å². The van der Waals surface area contributed by atoms with Crippen molar-refractivity contribution in [3.8, 4) is 0 Å². The lowest BCUT2D eigenvalue weighted by Gasteiger charge is -2.30. The van der Waals surface area contributed by atoms with Crippen molar-refractivity contribution in [2.75, 3.05) is 22.5 Å². The first-order valence-electron chi connectivity index (χ1n) is 9.45. The first-order valence-corrected chi connectivity index (χ1v) is 10.4. The van der Waals surface area contributed by atoms with Crippen LogP contribution < -0.4 is 10.2 Å². The molecule has 1 N–H and O–H groups in total. The minimum Gasteiger partial charge on any atom is -0.452 e. The normalized spacial score (nSPS) is 14.0. The Hall–Kier alpha value is -2.80. The van der Waals surface area contributed by atoms with Gasteiger partial charge in [0, 0.05) is 10.6 Å². The number of fused-ring (bicyclic) bond motifs is 1. The summed E-state index contributed by atoms with van der Waals surface area (Å²) in [5.41, 5.74) is 3.61. The van der Waals surface area contributed by atoms with Crippen LogP contribution in [0.15, 0.2) is 47.4 Å². The number of para-hydroxylation sites is 2. The van der Waals surface area contributed by atoms with Gasteiger partial charge in [-0.1, -0.05) is 18.2 Å². The highest BCUT2D eigenvalue weighted by Crippen LogP contribution is 2.29. The van der Waals surface area contributed by atoms with Crippen LogP contribution in [0.4, 0.5) is 11.4 Å². The molecule has 1 aliphatic rings. The van der Waals surface area contributed by atoms with E-state index in [-0.39, 0.29) is 18.9 Å². The van der Waals surface area contributed by atoms with E-state index in [1.165, 1.54) is 23.0 Å². The molecule has 0 unspecified atom stereocenters. The largest absolute Gasteiger partial charge is 0.452 e. The van der Waals surface area contributed by atoms with E-state index in [2.05, 4.69) is 31.3 Å². The summed E-state index contributed by atoms with van der Waals surface area (Å²) >= 11 is 1.58. The van der Waals surface area contributed by atoms with Crippen LogP contribution in [0, 0.1) is 13.8 Å². The van der Waals surface area contributed by atoms with Crippen LogP contribution >= 0.6 is 11.8 Å². The molecule has 0 fully saturated rings. The third-order valence-electron chi connectivity index (χ3n) is 4.75. The lowest BCUT2D eigenvalue weighted by Crippen LogP contribution is -2.47. The highest BCUT2D eigenvalue weighted by Gasteiger charge is 2.31. The van der Waals surface area contributed by atoms with Gasteiger partial charge in [-0.05, 0) is 56.2 Å². The number of amides is 2. The third-order valence-corrected chi connectivity index (χ3v) is 5.74. The highest BCUT2D eigenvalue weighted by atomic mass is 32.2. The topological polar surface area (TPSA) is 75.7 Å². The number of hydrogen-bond donors (Lipinski definition) is 1. The SMILES string of the molecule is Cc1ccc(SCCC(=O)O[C@@H](C)C(=O)N2CC(=O)Nc3ccccc32)cc1C. The van der Waals surface area contributed by atoms with Gasteiger partial charge in [0.05, 0.1) is 17.8 Å². The van der Waals surface area contributed by atoms with Crippen LogP contribution in [-0.4, -0.2) is 36.2 Å². The van der Waals surface area contributed by atoms with E-state index in [1.807, 2.05) is 6.07 Å². The second-order valence-corrected chi connectivity index (χ2v) is 8.13. The van der Waals surface area contributed by atoms with Crippen molar-refractivity contribution in [2.24, 2.45) is 0 Å². The van der Waals surface area contributed by atoms with Crippen molar-refractivity contribution in [2.45, 2.75) is 38.2 Å². The van der Waals surface area contributed by atoms with Gasteiger partial charge < -0.3 is 10.1 Å². The number of anilines is 2. The van der Waals surface area contributed by atoms with Crippen LogP contribution in [-0.2, 0) is 19.1 Å².